The summed E-state index contributed by atoms with van der Waals surface area (Å²) in [6, 6.07) is 10.4. The summed E-state index contributed by atoms with van der Waals surface area (Å²) in [6.45, 7) is 4.69. The number of benzene rings is 1. The largest absolute Gasteiger partial charge is 0.494 e. The van der Waals surface area contributed by atoms with E-state index < -0.39 is 0 Å². The molecule has 0 saturated heterocycles. The van der Waals surface area contributed by atoms with Crippen molar-refractivity contribution >= 4 is 22.9 Å². The van der Waals surface area contributed by atoms with Crippen LogP contribution in [-0.4, -0.2) is 13.7 Å². The molecule has 19 heavy (non-hydrogen) atoms. The van der Waals surface area contributed by atoms with Gasteiger partial charge in [-0.15, -0.1) is 11.3 Å². The van der Waals surface area contributed by atoms with Gasteiger partial charge in [0, 0.05) is 10.4 Å². The Morgan fingerprint density at radius 2 is 2.11 bits per heavy atom. The third kappa shape index (κ3) is 3.11. The molecule has 0 saturated carbocycles. The fourth-order valence-electron chi connectivity index (χ4n) is 2.08. The maximum Gasteiger partial charge on any atom is 0.124 e. The third-order valence-electron chi connectivity index (χ3n) is 2.98. The summed E-state index contributed by atoms with van der Waals surface area (Å²) in [5.74, 6) is 0.923. The average Bonchev–Trinajstić information content (AvgIpc) is 2.73. The van der Waals surface area contributed by atoms with Crippen LogP contribution >= 0.6 is 22.9 Å². The van der Waals surface area contributed by atoms with Gasteiger partial charge in [0.1, 0.15) is 5.75 Å². The van der Waals surface area contributed by atoms with E-state index in [4.69, 9.17) is 16.3 Å². The van der Waals surface area contributed by atoms with E-state index in [1.165, 1.54) is 4.88 Å². The number of thiophene rings is 1. The molecule has 2 nitrogen and oxygen atoms in total. The Morgan fingerprint density at radius 3 is 2.68 bits per heavy atom. The number of rotatable bonds is 5. The highest BCUT2D eigenvalue weighted by atomic mass is 35.5. The van der Waals surface area contributed by atoms with E-state index in [1.807, 2.05) is 39.1 Å². The summed E-state index contributed by atoms with van der Waals surface area (Å²) in [4.78, 5) is 1.21. The molecule has 0 aliphatic rings. The molecule has 1 atom stereocenters. The van der Waals surface area contributed by atoms with Gasteiger partial charge in [-0.05, 0) is 38.6 Å². The minimum Gasteiger partial charge on any atom is -0.494 e. The Bertz CT molecular complexity index is 533. The van der Waals surface area contributed by atoms with E-state index in [9.17, 15) is 0 Å². The van der Waals surface area contributed by atoms with E-state index in [0.717, 1.165) is 21.2 Å². The Kier molecular flexibility index (Phi) is 4.86. The van der Waals surface area contributed by atoms with E-state index in [2.05, 4.69) is 17.4 Å². The second kappa shape index (κ2) is 6.42. The molecule has 0 amide bonds. The van der Waals surface area contributed by atoms with Gasteiger partial charge in [-0.1, -0.05) is 29.8 Å². The molecule has 4 heteroatoms. The number of hydrogen-bond donors (Lipinski definition) is 1. The number of aryl methyl sites for hydroxylation is 1. The molecule has 1 aromatic heterocycles. The average molecular weight is 296 g/mol. The lowest BCUT2D eigenvalue weighted by molar-refractivity contribution is 0.334. The van der Waals surface area contributed by atoms with Crippen LogP contribution in [0.1, 0.15) is 29.0 Å². The van der Waals surface area contributed by atoms with Crippen LogP contribution in [-0.2, 0) is 0 Å². The van der Waals surface area contributed by atoms with Crippen molar-refractivity contribution in [3.05, 3.63) is 50.7 Å². The lowest BCUT2D eigenvalue weighted by Gasteiger charge is -2.18. The van der Waals surface area contributed by atoms with Gasteiger partial charge >= 0.3 is 0 Å². The van der Waals surface area contributed by atoms with Crippen LogP contribution in [0.2, 0.25) is 4.34 Å². The zero-order valence-electron chi connectivity index (χ0n) is 11.4. The number of nitrogens with one attached hydrogen (secondary N) is 1. The van der Waals surface area contributed by atoms with Crippen LogP contribution in [0, 0.1) is 6.92 Å². The Morgan fingerprint density at radius 1 is 1.37 bits per heavy atom. The van der Waals surface area contributed by atoms with E-state index in [0.29, 0.717) is 6.61 Å². The predicted molar refractivity (Wildman–Crippen MR) is 82.6 cm³/mol. The van der Waals surface area contributed by atoms with Crippen molar-refractivity contribution in [3.63, 3.8) is 0 Å². The molecule has 1 unspecified atom stereocenters. The maximum absolute atomic E-state index is 6.18. The van der Waals surface area contributed by atoms with Gasteiger partial charge in [0.05, 0.1) is 17.0 Å². The summed E-state index contributed by atoms with van der Waals surface area (Å²) in [7, 11) is 1.95. The minimum absolute atomic E-state index is 0.110. The topological polar surface area (TPSA) is 21.3 Å². The number of para-hydroxylation sites is 1. The zero-order valence-corrected chi connectivity index (χ0v) is 12.9. The van der Waals surface area contributed by atoms with Crippen molar-refractivity contribution in [3.8, 4) is 5.75 Å². The first-order valence-corrected chi connectivity index (χ1v) is 7.51. The SMILES string of the molecule is CCOc1ccccc1C(NC)c1cc(C)c(Cl)s1. The predicted octanol–water partition coefficient (Wildman–Crippen LogP) is 4.42. The highest BCUT2D eigenvalue weighted by Crippen LogP contribution is 2.36. The summed E-state index contributed by atoms with van der Waals surface area (Å²) in [5, 5.41) is 3.35. The van der Waals surface area contributed by atoms with Crippen molar-refractivity contribution in [1.29, 1.82) is 0 Å². The van der Waals surface area contributed by atoms with Crippen LogP contribution in [0.3, 0.4) is 0 Å². The van der Waals surface area contributed by atoms with Crippen LogP contribution in [0.25, 0.3) is 0 Å². The van der Waals surface area contributed by atoms with Crippen molar-refractivity contribution in [2.24, 2.45) is 0 Å². The van der Waals surface area contributed by atoms with E-state index in [1.54, 1.807) is 11.3 Å². The van der Waals surface area contributed by atoms with Crippen LogP contribution < -0.4 is 10.1 Å². The molecule has 2 rings (SSSR count). The molecular formula is C15H18ClNOS. The lowest BCUT2D eigenvalue weighted by Crippen LogP contribution is -2.17. The molecule has 0 fully saturated rings. The molecule has 0 bridgehead atoms. The molecule has 1 heterocycles. The molecular weight excluding hydrogens is 278 g/mol. The molecule has 0 spiro atoms. The third-order valence-corrected chi connectivity index (χ3v) is 4.60. The summed E-state index contributed by atoms with van der Waals surface area (Å²) < 4.78 is 6.56. The Balaban J connectivity index is 2.41. The molecule has 2 aromatic rings. The highest BCUT2D eigenvalue weighted by molar-refractivity contribution is 7.16. The second-order valence-electron chi connectivity index (χ2n) is 4.30. The first-order valence-electron chi connectivity index (χ1n) is 6.32. The van der Waals surface area contributed by atoms with Crippen molar-refractivity contribution in [1.82, 2.24) is 5.32 Å². The normalized spacial score (nSPS) is 12.4. The number of halogens is 1. The van der Waals surface area contributed by atoms with Crippen molar-refractivity contribution in [2.75, 3.05) is 13.7 Å². The summed E-state index contributed by atoms with van der Waals surface area (Å²) >= 11 is 7.79. The number of ether oxygens (including phenoxy) is 1. The smallest absolute Gasteiger partial charge is 0.124 e. The fourth-order valence-corrected chi connectivity index (χ4v) is 3.43. The van der Waals surface area contributed by atoms with Gasteiger partial charge in [0.25, 0.3) is 0 Å². The lowest BCUT2D eigenvalue weighted by atomic mass is 10.0. The first kappa shape index (κ1) is 14.4. The van der Waals surface area contributed by atoms with Crippen LogP contribution in [0.15, 0.2) is 30.3 Å². The minimum atomic E-state index is 0.110. The van der Waals surface area contributed by atoms with Gasteiger partial charge < -0.3 is 10.1 Å². The summed E-state index contributed by atoms with van der Waals surface area (Å²) in [6.07, 6.45) is 0. The molecule has 0 aliphatic heterocycles. The molecule has 102 valence electrons. The van der Waals surface area contributed by atoms with Gasteiger partial charge in [-0.2, -0.15) is 0 Å². The van der Waals surface area contributed by atoms with Crippen LogP contribution in [0.4, 0.5) is 0 Å². The first-order chi connectivity index (χ1) is 9.17. The van der Waals surface area contributed by atoms with Gasteiger partial charge in [0.2, 0.25) is 0 Å². The molecule has 0 aliphatic carbocycles. The van der Waals surface area contributed by atoms with E-state index in [-0.39, 0.29) is 6.04 Å². The summed E-state index contributed by atoms with van der Waals surface area (Å²) in [5.41, 5.74) is 2.26. The van der Waals surface area contributed by atoms with Crippen molar-refractivity contribution in [2.45, 2.75) is 19.9 Å². The van der Waals surface area contributed by atoms with Gasteiger partial charge in [-0.3, -0.25) is 0 Å². The molecule has 1 aromatic carbocycles. The van der Waals surface area contributed by atoms with Crippen molar-refractivity contribution < 1.29 is 4.74 Å². The van der Waals surface area contributed by atoms with E-state index >= 15 is 0 Å². The van der Waals surface area contributed by atoms with Gasteiger partial charge in [-0.25, -0.2) is 0 Å². The molecule has 1 N–H and O–H groups in total. The quantitative estimate of drug-likeness (QED) is 0.882. The molecule has 0 radical (unpaired) electrons. The fraction of sp³-hybridized carbons (Fsp3) is 0.333. The maximum atomic E-state index is 6.18. The zero-order chi connectivity index (χ0) is 13.8. The highest BCUT2D eigenvalue weighted by Gasteiger charge is 2.19. The standard InChI is InChI=1S/C15H18ClNOS/c1-4-18-12-8-6-5-7-11(12)14(17-3)13-9-10(2)15(16)19-13/h5-9,14,17H,4H2,1-3H3. The number of hydrogen-bond acceptors (Lipinski definition) is 3. The second-order valence-corrected chi connectivity index (χ2v) is 5.98. The Hall–Kier alpha value is -1.03. The monoisotopic (exact) mass is 295 g/mol. The van der Waals surface area contributed by atoms with Gasteiger partial charge in [0.15, 0.2) is 0 Å². The van der Waals surface area contributed by atoms with Crippen LogP contribution in [0.5, 0.6) is 5.75 Å². The Labute approximate surface area is 123 Å².